The van der Waals surface area contributed by atoms with Gasteiger partial charge in [-0.1, -0.05) is 285 Å². The van der Waals surface area contributed by atoms with Crippen LogP contribution in [0.3, 0.4) is 0 Å². The van der Waals surface area contributed by atoms with Crippen LogP contribution in [-0.4, -0.2) is 15.8 Å². The van der Waals surface area contributed by atoms with Crippen LogP contribution in [0.2, 0.25) is 0 Å². The van der Waals surface area contributed by atoms with E-state index >= 15 is 0 Å². The molecule has 2 aliphatic heterocycles. The number of nitrogens with zero attached hydrogens (tertiary/aromatic N) is 5. The van der Waals surface area contributed by atoms with Crippen molar-refractivity contribution in [1.29, 1.82) is 10.5 Å². The summed E-state index contributed by atoms with van der Waals surface area (Å²) in [4.78, 5) is 2.69. The molecular weight excluding hydrogens is 1290 g/mol. The number of benzene rings is 13. The first-order chi connectivity index (χ1) is 51.1. The van der Waals surface area contributed by atoms with Crippen LogP contribution in [-0.2, 0) is 27.1 Å². The zero-order valence-corrected chi connectivity index (χ0v) is 64.3. The molecule has 107 heavy (non-hydrogen) atoms. The lowest BCUT2D eigenvalue weighted by Crippen LogP contribution is -2.62. The number of rotatable bonds is 8. The fourth-order valence-corrected chi connectivity index (χ4v) is 17.3. The van der Waals surface area contributed by atoms with Gasteiger partial charge in [-0.15, -0.1) is 0 Å². The molecule has 0 spiro atoms. The van der Waals surface area contributed by atoms with Crippen molar-refractivity contribution in [2.75, 3.05) is 4.90 Å². The lowest BCUT2D eigenvalue weighted by Gasteiger charge is -2.45. The topological polar surface area (TPSA) is 60.7 Å². The maximum Gasteiger partial charge on any atom is 0.247 e. The largest absolute Gasteiger partial charge is 0.310 e. The number of nitriles is 2. The molecule has 0 radical (unpaired) electrons. The Bertz CT molecular complexity index is 5800. The van der Waals surface area contributed by atoms with E-state index in [1.807, 2.05) is 12.1 Å². The molecule has 15 aromatic rings. The average Bonchev–Trinajstić information content (AvgIpc) is 1.08. The van der Waals surface area contributed by atoms with Crippen molar-refractivity contribution in [3.63, 3.8) is 0 Å². The highest BCUT2D eigenvalue weighted by Gasteiger charge is 2.47. The van der Waals surface area contributed by atoms with Crippen molar-refractivity contribution in [1.82, 2.24) is 9.13 Å². The number of hydrogen-bond donors (Lipinski definition) is 0. The van der Waals surface area contributed by atoms with Crippen molar-refractivity contribution in [3.05, 3.63) is 323 Å². The molecule has 0 amide bonds. The molecule has 522 valence electrons. The Hall–Kier alpha value is -11.7. The van der Waals surface area contributed by atoms with Crippen molar-refractivity contribution in [3.8, 4) is 68.0 Å². The van der Waals surface area contributed by atoms with E-state index in [4.69, 9.17) is 0 Å². The summed E-state index contributed by atoms with van der Waals surface area (Å²) in [6.45, 7) is 34.7. The Morgan fingerprint density at radius 1 is 0.308 bits per heavy atom. The van der Waals surface area contributed by atoms with Gasteiger partial charge >= 0.3 is 0 Å². The Kier molecular flexibility index (Phi) is 16.0. The van der Waals surface area contributed by atoms with Crippen LogP contribution in [0.25, 0.3) is 99.5 Å². The van der Waals surface area contributed by atoms with Gasteiger partial charge in [0.15, 0.2) is 0 Å². The predicted molar refractivity (Wildman–Crippen MR) is 453 cm³/mol. The fourth-order valence-electron chi connectivity index (χ4n) is 17.3. The molecule has 5 nitrogen and oxygen atoms in total. The predicted octanol–water partition coefficient (Wildman–Crippen LogP) is 24.6. The monoisotopic (exact) mass is 1380 g/mol. The van der Waals surface area contributed by atoms with E-state index in [0.717, 1.165) is 95.0 Å². The van der Waals surface area contributed by atoms with Crippen LogP contribution in [0.5, 0.6) is 0 Å². The summed E-state index contributed by atoms with van der Waals surface area (Å²) < 4.78 is 4.98. The lowest BCUT2D eigenvalue weighted by atomic mass is 9.31. The molecule has 0 bridgehead atoms. The van der Waals surface area contributed by atoms with E-state index in [9.17, 15) is 10.5 Å². The zero-order chi connectivity index (χ0) is 74.5. The van der Waals surface area contributed by atoms with E-state index in [1.54, 1.807) is 0 Å². The molecule has 0 fully saturated rings. The maximum atomic E-state index is 11.0. The molecule has 0 saturated carbocycles. The third kappa shape index (κ3) is 11.5. The minimum absolute atomic E-state index is 0.158. The Balaban J connectivity index is 1.10. The Labute approximate surface area is 631 Å². The first kappa shape index (κ1) is 68.4. The van der Waals surface area contributed by atoms with Gasteiger partial charge in [0, 0.05) is 61.3 Å². The quantitative estimate of drug-likeness (QED) is 0.142. The van der Waals surface area contributed by atoms with E-state index in [-0.39, 0.29) is 33.8 Å². The minimum atomic E-state index is -0.411. The van der Waals surface area contributed by atoms with E-state index in [2.05, 4.69) is 385 Å². The molecule has 2 aliphatic rings. The van der Waals surface area contributed by atoms with Gasteiger partial charge in [-0.25, -0.2) is 0 Å². The van der Waals surface area contributed by atoms with Crippen LogP contribution in [0.1, 0.15) is 165 Å². The number of fused-ring (bicyclic) bond motifs is 10. The molecule has 4 heterocycles. The van der Waals surface area contributed by atoms with E-state index < -0.39 is 5.92 Å². The highest BCUT2D eigenvalue weighted by Crippen LogP contribution is 2.55. The normalized spacial score (nSPS) is 13.8. The van der Waals surface area contributed by atoms with Crippen LogP contribution in [0.15, 0.2) is 267 Å². The lowest BCUT2D eigenvalue weighted by molar-refractivity contribution is 0.588. The number of aromatic nitrogens is 2. The second kappa shape index (κ2) is 25.0. The molecule has 1 unspecified atom stereocenters. The molecular formula is C101H90BN5. The highest BCUT2D eigenvalue weighted by atomic mass is 15.2. The second-order valence-corrected chi connectivity index (χ2v) is 35.2. The molecule has 17 rings (SSSR count). The minimum Gasteiger partial charge on any atom is -0.310 e. The van der Waals surface area contributed by atoms with Gasteiger partial charge in [0.05, 0.1) is 51.0 Å². The van der Waals surface area contributed by atoms with Crippen LogP contribution in [0, 0.1) is 22.7 Å². The number of para-hydroxylation sites is 4. The second-order valence-electron chi connectivity index (χ2n) is 35.2. The molecule has 6 heteroatoms. The van der Waals surface area contributed by atoms with Crippen molar-refractivity contribution >= 4 is 83.8 Å². The number of hydrogen-bond acceptors (Lipinski definition) is 3. The SMILES string of the molecule is CC(C)(C)c1cccc(-c2cc(C(C)(C)C)cc(-c3cccc(C#N)c3)c2C2c3cc(-n4c5ccccc5c5ccccc54)ccc3B3c4ccc(-n5c6ccccc6c6ccccc65)cc4N(c4c(-c5cccc(C#N)c5)cc(C(C)(C)C)cc4-c4cccc(C(C)(C)C)c4)c4cc(C(C)(C)C)cc2c43)c1. The highest BCUT2D eigenvalue weighted by molar-refractivity contribution is 6.99. The number of anilines is 3. The summed E-state index contributed by atoms with van der Waals surface area (Å²) in [5.74, 6) is -0.411. The molecule has 2 aromatic heterocycles. The Morgan fingerprint density at radius 3 is 1.12 bits per heavy atom. The van der Waals surface area contributed by atoms with Crippen LogP contribution >= 0.6 is 0 Å². The van der Waals surface area contributed by atoms with Gasteiger partial charge in [0.25, 0.3) is 0 Å². The van der Waals surface area contributed by atoms with Crippen LogP contribution in [0.4, 0.5) is 17.1 Å². The molecule has 1 atom stereocenters. The molecule has 0 N–H and O–H groups in total. The first-order valence-electron chi connectivity index (χ1n) is 38.0. The zero-order valence-electron chi connectivity index (χ0n) is 64.3. The first-order valence-corrected chi connectivity index (χ1v) is 38.0. The smallest absolute Gasteiger partial charge is 0.247 e. The summed E-state index contributed by atoms with van der Waals surface area (Å²) >= 11 is 0. The van der Waals surface area contributed by atoms with Crippen molar-refractivity contribution in [2.45, 2.75) is 137 Å². The summed E-state index contributed by atoms with van der Waals surface area (Å²) in [5.41, 5.74) is 31.9. The maximum absolute atomic E-state index is 11.0. The van der Waals surface area contributed by atoms with Crippen molar-refractivity contribution < 1.29 is 0 Å². The summed E-state index contributed by atoms with van der Waals surface area (Å²) in [7, 11) is 0. The standard InChI is InChI=1S/C101H90BN5/c1-97(2,3)68-34-26-32-66(50-68)80-53-70(99(7,8)9)52-79(64-30-24-28-62(48-64)60-103)93(80)94-83-58-73(105-87-40-20-16-36-75(87)76-37-17-21-41-88(76)105)44-46-85(83)102-86-47-45-74(106-89-42-22-18-38-77(89)78-39-19-23-43-90(78)106)59-91(86)107(92-57-72(101(13,14)15)56-84(94)95(92)102)96-81(65-31-25-29-63(49-65)61-104)54-71(100(10,11)12)55-82(96)67-33-27-35-69(51-67)98(4,5)6/h16-59,94H,1-15H3. The molecule has 13 aromatic carbocycles. The van der Waals surface area contributed by atoms with Gasteiger partial charge in [0.1, 0.15) is 0 Å². The van der Waals surface area contributed by atoms with Gasteiger partial charge < -0.3 is 14.0 Å². The van der Waals surface area contributed by atoms with Crippen molar-refractivity contribution in [2.24, 2.45) is 0 Å². The van der Waals surface area contributed by atoms with Gasteiger partial charge in [-0.05, 0) is 207 Å². The fraction of sp³-hybridized carbons (Fsp3) is 0.208. The van der Waals surface area contributed by atoms with Crippen LogP contribution < -0.4 is 21.3 Å². The summed E-state index contributed by atoms with van der Waals surface area (Å²) in [6, 6.07) is 106. The molecule has 0 saturated heterocycles. The summed E-state index contributed by atoms with van der Waals surface area (Å²) in [5, 5.41) is 26.8. The van der Waals surface area contributed by atoms with E-state index in [1.165, 1.54) is 82.4 Å². The average molecular weight is 1380 g/mol. The molecule has 0 aliphatic carbocycles. The van der Waals surface area contributed by atoms with Gasteiger partial charge in [0.2, 0.25) is 6.71 Å². The van der Waals surface area contributed by atoms with Gasteiger partial charge in [-0.3, -0.25) is 0 Å². The third-order valence-electron chi connectivity index (χ3n) is 23.1. The summed E-state index contributed by atoms with van der Waals surface area (Å²) in [6.07, 6.45) is 0. The van der Waals surface area contributed by atoms with E-state index in [0.29, 0.717) is 11.1 Å². The van der Waals surface area contributed by atoms with Gasteiger partial charge in [-0.2, -0.15) is 10.5 Å². The Morgan fingerprint density at radius 2 is 0.682 bits per heavy atom. The third-order valence-corrected chi connectivity index (χ3v) is 23.1.